The Morgan fingerprint density at radius 2 is 1.70 bits per heavy atom. The number of nitrogens with zero attached hydrogens (tertiary/aromatic N) is 3. The van der Waals surface area contributed by atoms with Crippen LogP contribution in [-0.2, 0) is 32.3 Å². The van der Waals surface area contributed by atoms with Crippen LogP contribution in [-0.4, -0.2) is 77.8 Å². The Morgan fingerprint density at radius 1 is 1.19 bits per heavy atom. The number of amides is 3. The van der Waals surface area contributed by atoms with Crippen molar-refractivity contribution in [2.24, 2.45) is 28.4 Å². The van der Waals surface area contributed by atoms with E-state index in [-0.39, 0.29) is 38.7 Å². The zero-order valence-corrected chi connectivity index (χ0v) is 25.6. The van der Waals surface area contributed by atoms with Gasteiger partial charge in [-0.3, -0.25) is 34.8 Å². The number of rotatable bonds is 6. The number of carbonyl (C=O) groups excluding carboxylic acids is 3. The van der Waals surface area contributed by atoms with Crippen LogP contribution in [0.25, 0.3) is 0 Å². The second kappa shape index (κ2) is 26.9. The number of hydrogen-bond acceptors (Lipinski definition) is 9. The van der Waals surface area contributed by atoms with Crippen molar-refractivity contribution in [2.45, 2.75) is 79.6 Å². The normalized spacial score (nSPS) is 15.4. The summed E-state index contributed by atoms with van der Waals surface area (Å²) in [4.78, 5) is 45.2. The number of benzene rings is 1. The van der Waals surface area contributed by atoms with E-state index in [2.05, 4.69) is 91.6 Å². The zero-order valence-electron chi connectivity index (χ0n) is 25.6. The van der Waals surface area contributed by atoms with Crippen LogP contribution in [0, 0.1) is 5.92 Å². The molecule has 1 aromatic rings. The van der Waals surface area contributed by atoms with E-state index in [9.17, 15) is 14.4 Å². The lowest BCUT2D eigenvalue weighted by Crippen LogP contribution is -2.51. The highest BCUT2D eigenvalue weighted by molar-refractivity contribution is 5.99. The number of hydrazone groups is 1. The van der Waals surface area contributed by atoms with Gasteiger partial charge < -0.3 is 26.9 Å². The van der Waals surface area contributed by atoms with Crippen LogP contribution in [0.3, 0.4) is 0 Å². The second-order valence-corrected chi connectivity index (χ2v) is 10.0. The molecule has 1 aromatic carbocycles. The van der Waals surface area contributed by atoms with E-state index in [1.807, 2.05) is 4.90 Å². The lowest BCUT2D eigenvalue weighted by molar-refractivity contribution is -0.130. The third-order valence-electron chi connectivity index (χ3n) is 5.54. The lowest BCUT2D eigenvalue weighted by atomic mass is 10.1. The number of carbonyl (C=O) groups is 4. The van der Waals surface area contributed by atoms with E-state index < -0.39 is 11.9 Å². The van der Waals surface area contributed by atoms with Crippen LogP contribution >= 0.6 is 0 Å². The Hall–Kier alpha value is -4.01. The van der Waals surface area contributed by atoms with E-state index in [4.69, 9.17) is 27.3 Å². The van der Waals surface area contributed by atoms with Gasteiger partial charge in [0.05, 0.1) is 6.54 Å². The van der Waals surface area contributed by atoms with Crippen LogP contribution in [0.4, 0.5) is 0 Å². The molecule has 43 heavy (non-hydrogen) atoms. The van der Waals surface area contributed by atoms with Gasteiger partial charge in [0, 0.05) is 25.7 Å². The first-order valence-corrected chi connectivity index (χ1v) is 13.6. The third kappa shape index (κ3) is 20.5. The van der Waals surface area contributed by atoms with Crippen molar-refractivity contribution in [3.8, 4) is 0 Å². The minimum atomic E-state index is -0.731. The average molecular weight is 610 g/mol. The Bertz CT molecular complexity index is 922. The fourth-order valence-electron chi connectivity index (χ4n) is 3.73. The summed E-state index contributed by atoms with van der Waals surface area (Å²) < 4.78 is 0. The number of hydrogen-bond donors (Lipinski definition) is 7. The van der Waals surface area contributed by atoms with E-state index >= 15 is 0 Å². The highest BCUT2D eigenvalue weighted by Crippen LogP contribution is 2.19. The SMILES string of the molecule is C.C=CCC(NC=O)C(=O)N/C(=N/N)NN.CC(C)C.CC1CCCN1C(=O)CN.CN1Cc2ccccc2C1.O=CO. The first-order valence-electron chi connectivity index (χ1n) is 13.6. The van der Waals surface area contributed by atoms with Crippen LogP contribution < -0.4 is 33.5 Å². The highest BCUT2D eigenvalue weighted by atomic mass is 16.3. The maximum Gasteiger partial charge on any atom is 0.290 e. The number of fused-ring (bicyclic) bond motifs is 1. The van der Waals surface area contributed by atoms with Gasteiger partial charge in [0.2, 0.25) is 24.2 Å². The average Bonchev–Trinajstić information content (AvgIpc) is 3.56. The predicted molar refractivity (Wildman–Crippen MR) is 172 cm³/mol. The number of carboxylic acid groups (broad SMARTS) is 1. The number of nitrogens with one attached hydrogen (secondary N) is 3. The molecule has 0 aromatic heterocycles. The monoisotopic (exact) mass is 609 g/mol. The van der Waals surface area contributed by atoms with E-state index in [0.29, 0.717) is 12.5 Å². The molecule has 0 bridgehead atoms. The first kappa shape index (κ1) is 43.4. The third-order valence-corrected chi connectivity index (χ3v) is 5.54. The molecule has 2 atom stereocenters. The molecule has 2 unspecified atom stereocenters. The van der Waals surface area contributed by atoms with Crippen LogP contribution in [0.5, 0.6) is 0 Å². The molecular weight excluding hydrogens is 554 g/mol. The van der Waals surface area contributed by atoms with E-state index in [1.165, 1.54) is 17.2 Å². The molecule has 1 fully saturated rings. The van der Waals surface area contributed by atoms with Crippen LogP contribution in [0.2, 0.25) is 0 Å². The van der Waals surface area contributed by atoms with Crippen molar-refractivity contribution in [2.75, 3.05) is 20.1 Å². The van der Waals surface area contributed by atoms with Crippen molar-refractivity contribution in [1.29, 1.82) is 0 Å². The van der Waals surface area contributed by atoms with Gasteiger partial charge in [-0.2, -0.15) is 0 Å². The molecule has 14 nitrogen and oxygen atoms in total. The molecule has 246 valence electrons. The summed E-state index contributed by atoms with van der Waals surface area (Å²) in [5.41, 5.74) is 10.3. The second-order valence-electron chi connectivity index (χ2n) is 10.0. The molecule has 0 saturated carbocycles. The predicted octanol–water partition coefficient (Wildman–Crippen LogP) is 1.07. The summed E-state index contributed by atoms with van der Waals surface area (Å²) in [6.07, 6.45) is 4.46. The quantitative estimate of drug-likeness (QED) is 0.0607. The summed E-state index contributed by atoms with van der Waals surface area (Å²) >= 11 is 0. The molecule has 3 rings (SSSR count). The Morgan fingerprint density at radius 3 is 2.05 bits per heavy atom. The molecule has 3 amide bonds. The molecule has 0 aliphatic carbocycles. The fourth-order valence-corrected chi connectivity index (χ4v) is 3.73. The van der Waals surface area contributed by atoms with Crippen molar-refractivity contribution in [3.05, 3.63) is 48.0 Å². The van der Waals surface area contributed by atoms with Crippen molar-refractivity contribution in [1.82, 2.24) is 25.9 Å². The summed E-state index contributed by atoms with van der Waals surface area (Å²) in [5, 5.41) is 14.6. The van der Waals surface area contributed by atoms with Crippen molar-refractivity contribution < 1.29 is 24.3 Å². The standard InChI is InChI=1S/C9H11N.C7H14N6O2.C7H14N2O.C4H10.CH2O2.CH4/c1-10-6-8-4-2-3-5-9(8)7-10;1-2-3-5(10-4-14)6(15)11-7(12-8)13-9;1-6-3-2-4-9(6)7(10)5-8;1-4(2)3;2-1-3;/h2-5H,6-7H2,1H3;2,4-5H,1,3,8-9H2,(H,10,14)(H2,11,12,13,15);6H,2-5,8H2,1H3;4H,1-3H3;1H,(H,2,3);1H4. The molecule has 10 N–H and O–H groups in total. The highest BCUT2D eigenvalue weighted by Gasteiger charge is 2.23. The largest absolute Gasteiger partial charge is 0.483 e. The van der Waals surface area contributed by atoms with Crippen molar-refractivity contribution in [3.63, 3.8) is 0 Å². The van der Waals surface area contributed by atoms with Gasteiger partial charge in [0.1, 0.15) is 6.04 Å². The topological polar surface area (TPSA) is 222 Å². The zero-order chi connectivity index (χ0) is 32.5. The maximum absolute atomic E-state index is 11.4. The van der Waals surface area contributed by atoms with Gasteiger partial charge in [-0.15, -0.1) is 11.7 Å². The smallest absolute Gasteiger partial charge is 0.290 e. The molecular formula is C29H55N9O5. The van der Waals surface area contributed by atoms with Crippen LogP contribution in [0.1, 0.15) is 65.5 Å². The number of likely N-dealkylation sites (tertiary alicyclic amines) is 1. The minimum absolute atomic E-state index is 0. The fraction of sp³-hybridized carbons (Fsp3) is 0.552. The Kier molecular flexibility index (Phi) is 27.1. The molecule has 1 saturated heterocycles. The van der Waals surface area contributed by atoms with Gasteiger partial charge in [0.15, 0.2) is 0 Å². The summed E-state index contributed by atoms with van der Waals surface area (Å²) in [6.45, 7) is 15.1. The van der Waals surface area contributed by atoms with Gasteiger partial charge in [-0.25, -0.2) is 5.84 Å². The summed E-state index contributed by atoms with van der Waals surface area (Å²) in [6, 6.07) is 8.31. The molecule has 0 spiro atoms. The van der Waals surface area contributed by atoms with Gasteiger partial charge in [-0.1, -0.05) is 58.5 Å². The van der Waals surface area contributed by atoms with E-state index in [0.717, 1.165) is 38.4 Å². The molecule has 2 aliphatic rings. The number of guanidine groups is 1. The maximum atomic E-state index is 11.4. The molecule has 14 heteroatoms. The molecule has 0 radical (unpaired) electrons. The molecule has 2 aliphatic heterocycles. The van der Waals surface area contributed by atoms with Crippen LogP contribution in [0.15, 0.2) is 42.0 Å². The van der Waals surface area contributed by atoms with Gasteiger partial charge in [0.25, 0.3) is 6.47 Å². The van der Waals surface area contributed by atoms with E-state index in [1.54, 1.807) is 0 Å². The first-order chi connectivity index (χ1) is 19.9. The molecule has 2 heterocycles. The number of hydrazine groups is 1. The summed E-state index contributed by atoms with van der Waals surface area (Å²) in [5.74, 6) is 10.2. The Balaban J connectivity index is -0.000000505. The van der Waals surface area contributed by atoms with Gasteiger partial charge >= 0.3 is 0 Å². The number of nitrogens with two attached hydrogens (primary N) is 3. The Labute approximate surface area is 257 Å². The minimum Gasteiger partial charge on any atom is -0.483 e. The lowest BCUT2D eigenvalue weighted by Gasteiger charge is -2.19. The summed E-state index contributed by atoms with van der Waals surface area (Å²) in [7, 11) is 2.15. The van der Waals surface area contributed by atoms with Gasteiger partial charge in [-0.05, 0) is 50.3 Å². The van der Waals surface area contributed by atoms with Crippen molar-refractivity contribution >= 4 is 30.7 Å².